The van der Waals surface area contributed by atoms with Crippen molar-refractivity contribution >= 4 is 17.4 Å². The highest BCUT2D eigenvalue weighted by atomic mass is 16.5. The minimum Gasteiger partial charge on any atom is -0.507 e. The number of amides is 1. The van der Waals surface area contributed by atoms with E-state index in [9.17, 15) is 14.7 Å². The lowest BCUT2D eigenvalue weighted by Crippen LogP contribution is -2.32. The van der Waals surface area contributed by atoms with Crippen molar-refractivity contribution in [1.29, 1.82) is 0 Å². The van der Waals surface area contributed by atoms with Gasteiger partial charge in [-0.25, -0.2) is 0 Å². The van der Waals surface area contributed by atoms with Gasteiger partial charge in [0.05, 0.1) is 25.3 Å². The monoisotopic (exact) mass is 466 g/mol. The number of hydrogen-bond acceptors (Lipinski definition) is 6. The van der Waals surface area contributed by atoms with E-state index in [1.807, 2.05) is 31.1 Å². The third kappa shape index (κ3) is 5.78. The Hall–Kier alpha value is -3.32. The molecule has 2 aromatic rings. The molecular formula is C27H34N2O5. The number of aliphatic hydroxyl groups excluding tert-OH is 1. The molecule has 1 fully saturated rings. The number of rotatable bonds is 10. The van der Waals surface area contributed by atoms with Crippen LogP contribution in [0.25, 0.3) is 5.76 Å². The number of ketones is 1. The van der Waals surface area contributed by atoms with Crippen LogP contribution in [0, 0.1) is 5.92 Å². The average Bonchev–Trinajstić information content (AvgIpc) is 3.07. The number of likely N-dealkylation sites (tertiary alicyclic amines) is 1. The lowest BCUT2D eigenvalue weighted by atomic mass is 9.95. The maximum absolute atomic E-state index is 13.1. The third-order valence-corrected chi connectivity index (χ3v) is 5.66. The van der Waals surface area contributed by atoms with E-state index in [4.69, 9.17) is 9.47 Å². The molecule has 7 nitrogen and oxygen atoms in total. The first kappa shape index (κ1) is 25.3. The zero-order valence-corrected chi connectivity index (χ0v) is 20.6. The molecule has 34 heavy (non-hydrogen) atoms. The second-order valence-corrected chi connectivity index (χ2v) is 9.16. The third-order valence-electron chi connectivity index (χ3n) is 5.66. The van der Waals surface area contributed by atoms with Gasteiger partial charge in [-0.05, 0) is 74.9 Å². The summed E-state index contributed by atoms with van der Waals surface area (Å²) >= 11 is 0. The largest absolute Gasteiger partial charge is 0.507 e. The number of hydrogen-bond donors (Lipinski definition) is 1. The van der Waals surface area contributed by atoms with Crippen molar-refractivity contribution in [3.63, 3.8) is 0 Å². The number of benzene rings is 2. The van der Waals surface area contributed by atoms with Gasteiger partial charge in [0.15, 0.2) is 0 Å². The van der Waals surface area contributed by atoms with Crippen molar-refractivity contribution in [1.82, 2.24) is 9.80 Å². The van der Waals surface area contributed by atoms with Gasteiger partial charge in [0, 0.05) is 12.1 Å². The number of carbonyl (C=O) groups excluding carboxylic acids is 2. The van der Waals surface area contributed by atoms with Crippen LogP contribution in [0.3, 0.4) is 0 Å². The second kappa shape index (κ2) is 11.2. The fourth-order valence-electron chi connectivity index (χ4n) is 3.95. The summed E-state index contributed by atoms with van der Waals surface area (Å²) in [6.45, 7) is 5.88. The van der Waals surface area contributed by atoms with E-state index in [0.29, 0.717) is 48.1 Å². The molecule has 0 bridgehead atoms. The van der Waals surface area contributed by atoms with Crippen molar-refractivity contribution in [3.05, 3.63) is 65.2 Å². The van der Waals surface area contributed by atoms with Gasteiger partial charge in [0.1, 0.15) is 17.3 Å². The SMILES string of the molecule is COc1cccc(C2/C(=C(/O)c3ccc(OCC(C)C)cc3)C(=O)C(=O)N2CCCN(C)C)c1. The normalized spacial score (nSPS) is 17.6. The predicted octanol–water partition coefficient (Wildman–Crippen LogP) is 4.10. The van der Waals surface area contributed by atoms with Gasteiger partial charge in [-0.1, -0.05) is 26.0 Å². The standard InChI is InChI=1S/C27H34N2O5/c1-18(2)17-34-21-12-10-19(11-13-21)25(30)23-24(20-8-6-9-22(16-20)33-5)29(27(32)26(23)31)15-7-14-28(3)4/h6,8-13,16,18,24,30H,7,14-15,17H2,1-5H3/b25-23-. The van der Waals surface area contributed by atoms with Crippen molar-refractivity contribution in [2.75, 3.05) is 40.9 Å². The van der Waals surface area contributed by atoms with Crippen LogP contribution in [-0.2, 0) is 9.59 Å². The van der Waals surface area contributed by atoms with Gasteiger partial charge >= 0.3 is 0 Å². The summed E-state index contributed by atoms with van der Waals surface area (Å²) in [7, 11) is 5.49. The van der Waals surface area contributed by atoms with Crippen LogP contribution < -0.4 is 9.47 Å². The molecular weight excluding hydrogens is 432 g/mol. The van der Waals surface area contributed by atoms with Gasteiger partial charge < -0.3 is 24.4 Å². The highest BCUT2D eigenvalue weighted by Gasteiger charge is 2.45. The molecule has 1 aliphatic heterocycles. The summed E-state index contributed by atoms with van der Waals surface area (Å²) in [5.41, 5.74) is 1.25. The molecule has 1 aliphatic rings. The number of aliphatic hydroxyl groups is 1. The second-order valence-electron chi connectivity index (χ2n) is 9.16. The number of carbonyl (C=O) groups is 2. The summed E-state index contributed by atoms with van der Waals surface area (Å²) < 4.78 is 11.1. The first-order valence-corrected chi connectivity index (χ1v) is 11.5. The lowest BCUT2D eigenvalue weighted by Gasteiger charge is -2.26. The topological polar surface area (TPSA) is 79.3 Å². The molecule has 182 valence electrons. The number of ether oxygens (including phenoxy) is 2. The highest BCUT2D eigenvalue weighted by molar-refractivity contribution is 6.46. The Balaban J connectivity index is 2.01. The molecule has 0 aromatic heterocycles. The first-order chi connectivity index (χ1) is 16.2. The minimum absolute atomic E-state index is 0.0824. The van der Waals surface area contributed by atoms with E-state index in [-0.39, 0.29) is 11.3 Å². The van der Waals surface area contributed by atoms with Crippen LogP contribution in [0.15, 0.2) is 54.1 Å². The molecule has 1 saturated heterocycles. The fourth-order valence-corrected chi connectivity index (χ4v) is 3.95. The van der Waals surface area contributed by atoms with Crippen LogP contribution in [0.5, 0.6) is 11.5 Å². The summed E-state index contributed by atoms with van der Waals surface area (Å²) in [6, 6.07) is 13.5. The van der Waals surface area contributed by atoms with Crippen molar-refractivity contribution < 1.29 is 24.2 Å². The molecule has 1 unspecified atom stereocenters. The van der Waals surface area contributed by atoms with Crippen molar-refractivity contribution in [2.45, 2.75) is 26.3 Å². The lowest BCUT2D eigenvalue weighted by molar-refractivity contribution is -0.139. The van der Waals surface area contributed by atoms with Gasteiger partial charge in [-0.15, -0.1) is 0 Å². The van der Waals surface area contributed by atoms with E-state index in [1.54, 1.807) is 48.4 Å². The van der Waals surface area contributed by atoms with Crippen LogP contribution in [-0.4, -0.2) is 67.5 Å². The average molecular weight is 467 g/mol. The van der Waals surface area contributed by atoms with Crippen molar-refractivity contribution in [3.8, 4) is 11.5 Å². The van der Waals surface area contributed by atoms with E-state index in [0.717, 1.165) is 6.54 Å². The number of methoxy groups -OCH3 is 1. The molecule has 7 heteroatoms. The molecule has 1 atom stereocenters. The van der Waals surface area contributed by atoms with Crippen LogP contribution in [0.1, 0.15) is 37.4 Å². The van der Waals surface area contributed by atoms with Crippen LogP contribution in [0.4, 0.5) is 0 Å². The molecule has 1 N–H and O–H groups in total. The summed E-state index contributed by atoms with van der Waals surface area (Å²) in [5, 5.41) is 11.2. The Morgan fingerprint density at radius 1 is 1.09 bits per heavy atom. The maximum atomic E-state index is 13.1. The highest BCUT2D eigenvalue weighted by Crippen LogP contribution is 2.40. The smallest absolute Gasteiger partial charge is 0.295 e. The van der Waals surface area contributed by atoms with Crippen molar-refractivity contribution in [2.24, 2.45) is 5.92 Å². The molecule has 3 rings (SSSR count). The van der Waals surface area contributed by atoms with Crippen LogP contribution >= 0.6 is 0 Å². The Morgan fingerprint density at radius 3 is 2.41 bits per heavy atom. The summed E-state index contributed by atoms with van der Waals surface area (Å²) in [6.07, 6.45) is 0.697. The summed E-state index contributed by atoms with van der Waals surface area (Å²) in [4.78, 5) is 29.7. The minimum atomic E-state index is -0.700. The van der Waals surface area contributed by atoms with Gasteiger partial charge in [-0.3, -0.25) is 9.59 Å². The number of Topliss-reactive ketones (excluding diaryl/α,β-unsaturated/α-hetero) is 1. The van der Waals surface area contributed by atoms with Gasteiger partial charge in [0.25, 0.3) is 11.7 Å². The van der Waals surface area contributed by atoms with E-state index < -0.39 is 17.7 Å². The quantitative estimate of drug-likeness (QED) is 0.323. The maximum Gasteiger partial charge on any atom is 0.295 e. The Kier molecular flexibility index (Phi) is 8.34. The fraction of sp³-hybridized carbons (Fsp3) is 0.407. The molecule has 0 aliphatic carbocycles. The van der Waals surface area contributed by atoms with E-state index >= 15 is 0 Å². The number of nitrogens with zero attached hydrogens (tertiary/aromatic N) is 2. The molecule has 0 spiro atoms. The van der Waals surface area contributed by atoms with E-state index in [2.05, 4.69) is 13.8 Å². The van der Waals surface area contributed by atoms with Gasteiger partial charge in [-0.2, -0.15) is 0 Å². The zero-order chi connectivity index (χ0) is 24.8. The van der Waals surface area contributed by atoms with E-state index in [1.165, 1.54) is 0 Å². The molecule has 0 radical (unpaired) electrons. The van der Waals surface area contributed by atoms with Crippen LogP contribution in [0.2, 0.25) is 0 Å². The summed E-state index contributed by atoms with van der Waals surface area (Å²) in [5.74, 6) is 0.193. The molecule has 1 heterocycles. The molecule has 2 aromatic carbocycles. The Morgan fingerprint density at radius 2 is 1.79 bits per heavy atom. The predicted molar refractivity (Wildman–Crippen MR) is 132 cm³/mol. The zero-order valence-electron chi connectivity index (χ0n) is 20.6. The Bertz CT molecular complexity index is 1040. The molecule has 0 saturated carbocycles. The Labute approximate surface area is 201 Å². The molecule has 1 amide bonds. The van der Waals surface area contributed by atoms with Gasteiger partial charge in [0.2, 0.25) is 0 Å². The first-order valence-electron chi connectivity index (χ1n) is 11.5.